The molecule has 0 fully saturated rings. The summed E-state index contributed by atoms with van der Waals surface area (Å²) in [5, 5.41) is 7.34. The SMILES string of the molecule is CCn1ncc(OC)c1C(=O)CCNC(C)C. The van der Waals surface area contributed by atoms with Crippen LogP contribution in [0.1, 0.15) is 37.7 Å². The van der Waals surface area contributed by atoms with Gasteiger partial charge in [-0.05, 0) is 6.92 Å². The van der Waals surface area contributed by atoms with Gasteiger partial charge in [0.05, 0.1) is 13.3 Å². The molecule has 0 atom stereocenters. The van der Waals surface area contributed by atoms with Crippen LogP contribution in [0.4, 0.5) is 0 Å². The van der Waals surface area contributed by atoms with Crippen LogP contribution in [-0.2, 0) is 6.54 Å². The van der Waals surface area contributed by atoms with Gasteiger partial charge in [0.2, 0.25) is 0 Å². The average Bonchev–Trinajstić information content (AvgIpc) is 2.70. The van der Waals surface area contributed by atoms with E-state index < -0.39 is 0 Å². The van der Waals surface area contributed by atoms with Crippen molar-refractivity contribution in [2.24, 2.45) is 0 Å². The number of methoxy groups -OCH3 is 1. The molecule has 17 heavy (non-hydrogen) atoms. The van der Waals surface area contributed by atoms with Crippen LogP contribution in [0, 0.1) is 0 Å². The van der Waals surface area contributed by atoms with Crippen LogP contribution in [0.3, 0.4) is 0 Å². The molecule has 1 aromatic rings. The van der Waals surface area contributed by atoms with Crippen molar-refractivity contribution >= 4 is 5.78 Å². The Morgan fingerprint density at radius 3 is 2.82 bits per heavy atom. The summed E-state index contributed by atoms with van der Waals surface area (Å²) in [5.41, 5.74) is 0.570. The number of aryl methyl sites for hydroxylation is 1. The average molecular weight is 239 g/mol. The summed E-state index contributed by atoms with van der Waals surface area (Å²) < 4.78 is 6.83. The van der Waals surface area contributed by atoms with E-state index in [9.17, 15) is 4.79 Å². The number of hydrogen-bond donors (Lipinski definition) is 1. The first-order chi connectivity index (χ1) is 8.10. The van der Waals surface area contributed by atoms with Crippen molar-refractivity contribution < 1.29 is 9.53 Å². The fraction of sp³-hybridized carbons (Fsp3) is 0.667. The van der Waals surface area contributed by atoms with Crippen LogP contribution in [0.25, 0.3) is 0 Å². The van der Waals surface area contributed by atoms with E-state index in [-0.39, 0.29) is 5.78 Å². The summed E-state index contributed by atoms with van der Waals surface area (Å²) >= 11 is 0. The summed E-state index contributed by atoms with van der Waals surface area (Å²) in [4.78, 5) is 12.1. The summed E-state index contributed by atoms with van der Waals surface area (Å²) in [6.45, 7) is 7.41. The van der Waals surface area contributed by atoms with Gasteiger partial charge in [-0.3, -0.25) is 9.48 Å². The second kappa shape index (κ2) is 6.39. The van der Waals surface area contributed by atoms with Crippen LogP contribution in [0.15, 0.2) is 6.20 Å². The number of aromatic nitrogens is 2. The Balaban J connectivity index is 2.70. The largest absolute Gasteiger partial charge is 0.493 e. The Kier molecular flexibility index (Phi) is 5.15. The predicted octanol–water partition coefficient (Wildman–Crippen LogP) is 1.48. The maximum atomic E-state index is 12.1. The van der Waals surface area contributed by atoms with Crippen LogP contribution in [0.2, 0.25) is 0 Å². The van der Waals surface area contributed by atoms with Crippen molar-refractivity contribution in [3.8, 4) is 5.75 Å². The summed E-state index contributed by atoms with van der Waals surface area (Å²) in [6.07, 6.45) is 2.05. The van der Waals surface area contributed by atoms with Crippen LogP contribution < -0.4 is 10.1 Å². The fourth-order valence-electron chi connectivity index (χ4n) is 1.63. The van der Waals surface area contributed by atoms with Crippen molar-refractivity contribution in [1.82, 2.24) is 15.1 Å². The number of hydrogen-bond acceptors (Lipinski definition) is 4. The summed E-state index contributed by atoms with van der Waals surface area (Å²) in [5.74, 6) is 0.621. The lowest BCUT2D eigenvalue weighted by Gasteiger charge is -2.09. The van der Waals surface area contributed by atoms with Crippen LogP contribution in [0.5, 0.6) is 5.75 Å². The molecular formula is C12H21N3O2. The minimum atomic E-state index is 0.0642. The van der Waals surface area contributed by atoms with Gasteiger partial charge in [0, 0.05) is 25.6 Å². The fourth-order valence-corrected chi connectivity index (χ4v) is 1.63. The molecule has 0 unspecified atom stereocenters. The van der Waals surface area contributed by atoms with E-state index >= 15 is 0 Å². The molecule has 0 spiro atoms. The zero-order chi connectivity index (χ0) is 12.8. The van der Waals surface area contributed by atoms with E-state index in [1.165, 1.54) is 0 Å². The van der Waals surface area contributed by atoms with Gasteiger partial charge in [0.25, 0.3) is 0 Å². The smallest absolute Gasteiger partial charge is 0.185 e. The number of ketones is 1. The first kappa shape index (κ1) is 13.7. The third-order valence-corrected chi connectivity index (χ3v) is 2.49. The minimum absolute atomic E-state index is 0.0642. The maximum absolute atomic E-state index is 12.1. The highest BCUT2D eigenvalue weighted by Gasteiger charge is 2.18. The van der Waals surface area contributed by atoms with Gasteiger partial charge < -0.3 is 10.1 Å². The third kappa shape index (κ3) is 3.56. The van der Waals surface area contributed by atoms with Gasteiger partial charge in [-0.25, -0.2) is 0 Å². The molecule has 1 aromatic heterocycles. The van der Waals surface area contributed by atoms with E-state index in [1.54, 1.807) is 18.0 Å². The molecule has 0 aliphatic carbocycles. The molecule has 0 bridgehead atoms. The van der Waals surface area contributed by atoms with Crippen molar-refractivity contribution in [2.45, 2.75) is 39.8 Å². The highest BCUT2D eigenvalue weighted by molar-refractivity contribution is 5.97. The number of nitrogens with one attached hydrogen (secondary N) is 1. The van der Waals surface area contributed by atoms with E-state index in [2.05, 4.69) is 24.3 Å². The quantitative estimate of drug-likeness (QED) is 0.732. The minimum Gasteiger partial charge on any atom is -0.493 e. The standard InChI is InChI=1S/C12H21N3O2/c1-5-15-12(11(17-4)8-14-15)10(16)6-7-13-9(2)3/h8-9,13H,5-7H2,1-4H3. The van der Waals surface area contributed by atoms with Gasteiger partial charge in [0.1, 0.15) is 5.69 Å². The summed E-state index contributed by atoms with van der Waals surface area (Å²) in [6, 6.07) is 0.390. The lowest BCUT2D eigenvalue weighted by Crippen LogP contribution is -2.26. The highest BCUT2D eigenvalue weighted by atomic mass is 16.5. The number of Topliss-reactive ketones (excluding diaryl/α,β-unsaturated/α-hetero) is 1. The monoisotopic (exact) mass is 239 g/mol. The molecule has 0 saturated heterocycles. The van der Waals surface area contributed by atoms with Gasteiger partial charge in [0.15, 0.2) is 11.5 Å². The first-order valence-corrected chi connectivity index (χ1v) is 5.96. The molecule has 0 aliphatic heterocycles. The second-order valence-corrected chi connectivity index (χ2v) is 4.16. The number of carbonyl (C=O) groups is 1. The number of rotatable bonds is 7. The molecule has 96 valence electrons. The zero-order valence-electron chi connectivity index (χ0n) is 11.0. The van der Waals surface area contributed by atoms with Crippen molar-refractivity contribution in [2.75, 3.05) is 13.7 Å². The van der Waals surface area contributed by atoms with E-state index in [0.29, 0.717) is 37.0 Å². The van der Waals surface area contributed by atoms with Crippen LogP contribution >= 0.6 is 0 Å². The maximum Gasteiger partial charge on any atom is 0.185 e. The second-order valence-electron chi connectivity index (χ2n) is 4.16. The number of ether oxygens (including phenoxy) is 1. The Hall–Kier alpha value is -1.36. The molecule has 1 heterocycles. The molecular weight excluding hydrogens is 218 g/mol. The van der Waals surface area contributed by atoms with Gasteiger partial charge >= 0.3 is 0 Å². The van der Waals surface area contributed by atoms with E-state index in [0.717, 1.165) is 0 Å². The molecule has 0 aromatic carbocycles. The number of nitrogens with zero attached hydrogens (tertiary/aromatic N) is 2. The number of carbonyl (C=O) groups excluding carboxylic acids is 1. The normalized spacial score (nSPS) is 10.9. The van der Waals surface area contributed by atoms with Gasteiger partial charge in [-0.2, -0.15) is 5.10 Å². The zero-order valence-corrected chi connectivity index (χ0v) is 11.0. The van der Waals surface area contributed by atoms with E-state index in [4.69, 9.17) is 4.74 Å². The van der Waals surface area contributed by atoms with Gasteiger partial charge in [-0.1, -0.05) is 13.8 Å². The lowest BCUT2D eigenvalue weighted by molar-refractivity contribution is 0.0968. The van der Waals surface area contributed by atoms with Crippen molar-refractivity contribution in [1.29, 1.82) is 0 Å². The topological polar surface area (TPSA) is 56.2 Å². The van der Waals surface area contributed by atoms with Crippen molar-refractivity contribution in [3.05, 3.63) is 11.9 Å². The predicted molar refractivity (Wildman–Crippen MR) is 66.5 cm³/mol. The molecule has 0 radical (unpaired) electrons. The molecule has 1 N–H and O–H groups in total. The van der Waals surface area contributed by atoms with Gasteiger partial charge in [-0.15, -0.1) is 0 Å². The molecule has 0 amide bonds. The Morgan fingerprint density at radius 2 is 2.29 bits per heavy atom. The Labute approximate surface area is 102 Å². The Morgan fingerprint density at radius 1 is 1.59 bits per heavy atom. The first-order valence-electron chi connectivity index (χ1n) is 5.96. The third-order valence-electron chi connectivity index (χ3n) is 2.49. The molecule has 1 rings (SSSR count). The molecule has 0 saturated carbocycles. The van der Waals surface area contributed by atoms with Crippen LogP contribution in [-0.4, -0.2) is 35.3 Å². The highest BCUT2D eigenvalue weighted by Crippen LogP contribution is 2.18. The summed E-state index contributed by atoms with van der Waals surface area (Å²) in [7, 11) is 1.56. The molecule has 5 nitrogen and oxygen atoms in total. The van der Waals surface area contributed by atoms with Crippen molar-refractivity contribution in [3.63, 3.8) is 0 Å². The van der Waals surface area contributed by atoms with E-state index in [1.807, 2.05) is 6.92 Å². The molecule has 5 heteroatoms. The Bertz CT molecular complexity index is 350. The lowest BCUT2D eigenvalue weighted by atomic mass is 10.2. The molecule has 0 aliphatic rings.